The van der Waals surface area contributed by atoms with Crippen molar-refractivity contribution in [3.8, 4) is 0 Å². The second kappa shape index (κ2) is 6.27. The third kappa shape index (κ3) is 3.86. The molecule has 1 heterocycles. The van der Waals surface area contributed by atoms with Crippen molar-refractivity contribution in [3.63, 3.8) is 0 Å². The second-order valence-electron chi connectivity index (χ2n) is 3.89. The van der Waals surface area contributed by atoms with Gasteiger partial charge in [0.15, 0.2) is 0 Å². The molecule has 0 aliphatic rings. The monoisotopic (exact) mass is 354 g/mol. The molecule has 6 heteroatoms. The van der Waals surface area contributed by atoms with Gasteiger partial charge in [0.2, 0.25) is 0 Å². The molecule has 19 heavy (non-hydrogen) atoms. The molecule has 0 saturated carbocycles. The van der Waals surface area contributed by atoms with E-state index in [1.807, 2.05) is 35.7 Å². The van der Waals surface area contributed by atoms with E-state index >= 15 is 0 Å². The zero-order valence-electron chi connectivity index (χ0n) is 9.85. The SMILES string of the molecule is NC(=S)Cc1ccc(NC(=O)c2sccc2Br)cc1. The molecule has 0 aliphatic carbocycles. The largest absolute Gasteiger partial charge is 0.393 e. The van der Waals surface area contributed by atoms with Crippen LogP contribution in [-0.2, 0) is 6.42 Å². The molecule has 0 radical (unpaired) electrons. The number of hydrogen-bond acceptors (Lipinski definition) is 3. The van der Waals surface area contributed by atoms with Gasteiger partial charge in [0.25, 0.3) is 5.91 Å². The van der Waals surface area contributed by atoms with Gasteiger partial charge in [0.1, 0.15) is 4.88 Å². The lowest BCUT2D eigenvalue weighted by atomic mass is 10.1. The predicted octanol–water partition coefficient (Wildman–Crippen LogP) is 3.59. The van der Waals surface area contributed by atoms with Crippen LogP contribution in [0.1, 0.15) is 15.2 Å². The summed E-state index contributed by atoms with van der Waals surface area (Å²) in [6.45, 7) is 0. The molecule has 1 aromatic carbocycles. The van der Waals surface area contributed by atoms with E-state index in [0.29, 0.717) is 16.3 Å². The summed E-state index contributed by atoms with van der Waals surface area (Å²) in [5, 5.41) is 4.71. The molecular weight excluding hydrogens is 344 g/mol. The first-order valence-corrected chi connectivity index (χ1v) is 7.56. The first kappa shape index (κ1) is 14.2. The first-order chi connectivity index (χ1) is 9.06. The van der Waals surface area contributed by atoms with Gasteiger partial charge < -0.3 is 11.1 Å². The van der Waals surface area contributed by atoms with E-state index in [1.165, 1.54) is 11.3 Å². The number of thiocarbonyl (C=S) groups is 1. The lowest BCUT2D eigenvalue weighted by molar-refractivity contribution is 0.103. The third-order valence-corrected chi connectivity index (χ3v) is 4.39. The number of nitrogens with one attached hydrogen (secondary N) is 1. The van der Waals surface area contributed by atoms with Gasteiger partial charge in [0, 0.05) is 16.6 Å². The van der Waals surface area contributed by atoms with Crippen molar-refractivity contribution in [2.24, 2.45) is 5.73 Å². The van der Waals surface area contributed by atoms with Crippen LogP contribution in [0.3, 0.4) is 0 Å². The smallest absolute Gasteiger partial charge is 0.266 e. The van der Waals surface area contributed by atoms with Crippen molar-refractivity contribution in [1.82, 2.24) is 0 Å². The van der Waals surface area contributed by atoms with Crippen molar-refractivity contribution in [2.75, 3.05) is 5.32 Å². The van der Waals surface area contributed by atoms with Crippen LogP contribution in [0, 0.1) is 0 Å². The minimum absolute atomic E-state index is 0.121. The predicted molar refractivity (Wildman–Crippen MR) is 86.9 cm³/mol. The summed E-state index contributed by atoms with van der Waals surface area (Å²) in [5.41, 5.74) is 7.26. The molecule has 0 bridgehead atoms. The number of thiophene rings is 1. The Hall–Kier alpha value is -1.24. The molecule has 1 amide bonds. The average molecular weight is 355 g/mol. The number of anilines is 1. The fraction of sp³-hybridized carbons (Fsp3) is 0.0769. The molecule has 0 aliphatic heterocycles. The molecular formula is C13H11BrN2OS2. The number of halogens is 1. The van der Waals surface area contributed by atoms with Crippen LogP contribution in [0.5, 0.6) is 0 Å². The molecule has 0 fully saturated rings. The van der Waals surface area contributed by atoms with E-state index in [-0.39, 0.29) is 5.91 Å². The molecule has 1 aromatic heterocycles. The van der Waals surface area contributed by atoms with Crippen molar-refractivity contribution < 1.29 is 4.79 Å². The van der Waals surface area contributed by atoms with Gasteiger partial charge in [-0.1, -0.05) is 24.4 Å². The van der Waals surface area contributed by atoms with Gasteiger partial charge in [-0.05, 0) is 45.1 Å². The zero-order valence-corrected chi connectivity index (χ0v) is 13.1. The summed E-state index contributed by atoms with van der Waals surface area (Å²) in [4.78, 5) is 13.1. The van der Waals surface area contributed by atoms with Crippen LogP contribution in [0.25, 0.3) is 0 Å². The third-order valence-electron chi connectivity index (χ3n) is 2.41. The van der Waals surface area contributed by atoms with E-state index in [0.717, 1.165) is 15.7 Å². The number of carbonyl (C=O) groups excluding carboxylic acids is 1. The van der Waals surface area contributed by atoms with E-state index in [9.17, 15) is 4.79 Å². The zero-order chi connectivity index (χ0) is 13.8. The lowest BCUT2D eigenvalue weighted by Crippen LogP contribution is -2.12. The van der Waals surface area contributed by atoms with Crippen LogP contribution in [0.2, 0.25) is 0 Å². The van der Waals surface area contributed by atoms with Gasteiger partial charge in [0.05, 0.1) is 4.99 Å². The first-order valence-electron chi connectivity index (χ1n) is 5.48. The molecule has 0 unspecified atom stereocenters. The molecule has 3 N–H and O–H groups in total. The maximum absolute atomic E-state index is 12.0. The average Bonchev–Trinajstić information content (AvgIpc) is 2.77. The maximum Gasteiger partial charge on any atom is 0.266 e. The highest BCUT2D eigenvalue weighted by Gasteiger charge is 2.11. The molecule has 0 spiro atoms. The summed E-state index contributed by atoms with van der Waals surface area (Å²) in [5.74, 6) is -0.121. The molecule has 0 atom stereocenters. The Labute approximate surface area is 129 Å². The Morgan fingerprint density at radius 2 is 2.00 bits per heavy atom. The fourth-order valence-corrected chi connectivity index (χ4v) is 3.16. The molecule has 2 aromatic rings. The van der Waals surface area contributed by atoms with E-state index in [4.69, 9.17) is 18.0 Å². The van der Waals surface area contributed by atoms with E-state index < -0.39 is 0 Å². The summed E-state index contributed by atoms with van der Waals surface area (Å²) in [6.07, 6.45) is 0.569. The van der Waals surface area contributed by atoms with Gasteiger partial charge in [-0.3, -0.25) is 4.79 Å². The van der Waals surface area contributed by atoms with Crippen molar-refractivity contribution in [1.29, 1.82) is 0 Å². The van der Waals surface area contributed by atoms with Gasteiger partial charge in [-0.25, -0.2) is 0 Å². The van der Waals surface area contributed by atoms with Crippen LogP contribution < -0.4 is 11.1 Å². The van der Waals surface area contributed by atoms with Gasteiger partial charge in [-0.2, -0.15) is 0 Å². The summed E-state index contributed by atoms with van der Waals surface area (Å²) >= 11 is 9.59. The topological polar surface area (TPSA) is 55.1 Å². The second-order valence-corrected chi connectivity index (χ2v) is 6.19. The molecule has 98 valence electrons. The van der Waals surface area contributed by atoms with Crippen LogP contribution >= 0.6 is 39.5 Å². The summed E-state index contributed by atoms with van der Waals surface area (Å²) in [7, 11) is 0. The number of hydrogen-bond donors (Lipinski definition) is 2. The van der Waals surface area contributed by atoms with E-state index in [2.05, 4.69) is 21.2 Å². The quantitative estimate of drug-likeness (QED) is 0.824. The number of nitrogens with two attached hydrogens (primary N) is 1. The molecule has 0 saturated heterocycles. The van der Waals surface area contributed by atoms with Crippen LogP contribution in [0.15, 0.2) is 40.2 Å². The molecule has 3 nitrogen and oxygen atoms in total. The molecule has 2 rings (SSSR count). The van der Waals surface area contributed by atoms with Crippen molar-refractivity contribution >= 4 is 56.1 Å². The normalized spacial score (nSPS) is 10.2. The lowest BCUT2D eigenvalue weighted by Gasteiger charge is -2.05. The van der Waals surface area contributed by atoms with Crippen molar-refractivity contribution in [2.45, 2.75) is 6.42 Å². The number of benzene rings is 1. The summed E-state index contributed by atoms with van der Waals surface area (Å²) in [6, 6.07) is 9.33. The highest BCUT2D eigenvalue weighted by atomic mass is 79.9. The number of rotatable bonds is 4. The van der Waals surface area contributed by atoms with Crippen LogP contribution in [0.4, 0.5) is 5.69 Å². The Kier molecular flexibility index (Phi) is 4.68. The highest BCUT2D eigenvalue weighted by Crippen LogP contribution is 2.23. The number of carbonyl (C=O) groups is 1. The Bertz CT molecular complexity index is 607. The Balaban J connectivity index is 2.06. The minimum Gasteiger partial charge on any atom is -0.393 e. The van der Waals surface area contributed by atoms with Crippen molar-refractivity contribution in [3.05, 3.63) is 50.6 Å². The Morgan fingerprint density at radius 1 is 1.32 bits per heavy atom. The maximum atomic E-state index is 12.0. The fourth-order valence-electron chi connectivity index (χ4n) is 1.55. The highest BCUT2D eigenvalue weighted by molar-refractivity contribution is 9.10. The van der Waals surface area contributed by atoms with Gasteiger partial charge >= 0.3 is 0 Å². The van der Waals surface area contributed by atoms with E-state index in [1.54, 1.807) is 0 Å². The number of amides is 1. The van der Waals surface area contributed by atoms with Gasteiger partial charge in [-0.15, -0.1) is 11.3 Å². The summed E-state index contributed by atoms with van der Waals surface area (Å²) < 4.78 is 0.806. The minimum atomic E-state index is -0.121. The standard InChI is InChI=1S/C13H11BrN2OS2/c14-10-5-6-19-12(10)13(17)16-9-3-1-8(2-4-9)7-11(15)18/h1-6H,7H2,(H2,15,18)(H,16,17). The van der Waals surface area contributed by atoms with Crippen LogP contribution in [-0.4, -0.2) is 10.9 Å². The Morgan fingerprint density at radius 3 is 2.53 bits per heavy atom.